The predicted octanol–water partition coefficient (Wildman–Crippen LogP) is 4.18. The lowest BCUT2D eigenvalue weighted by molar-refractivity contribution is 0.0373. The van der Waals surface area contributed by atoms with E-state index in [0.717, 1.165) is 26.0 Å². The van der Waals surface area contributed by atoms with Gasteiger partial charge in [0.1, 0.15) is 0 Å². The number of carbonyl (C=O) groups excluding carboxylic acids is 1. The van der Waals surface area contributed by atoms with Crippen molar-refractivity contribution in [2.24, 2.45) is 0 Å². The van der Waals surface area contributed by atoms with Gasteiger partial charge in [-0.25, -0.2) is 5.01 Å². The highest BCUT2D eigenvalue weighted by molar-refractivity contribution is 9.13. The number of amides is 1. The van der Waals surface area contributed by atoms with Gasteiger partial charge in [0, 0.05) is 16.6 Å². The zero-order valence-electron chi connectivity index (χ0n) is 10.4. The highest BCUT2D eigenvalue weighted by atomic mass is 79.9. The molecule has 0 aliphatic carbocycles. The summed E-state index contributed by atoms with van der Waals surface area (Å²) in [5, 5.41) is 2.09. The molecule has 1 aromatic heterocycles. The Hall–Kier alpha value is 0.0900. The summed E-state index contributed by atoms with van der Waals surface area (Å²) in [5.41, 5.74) is 3.04. The van der Waals surface area contributed by atoms with Crippen LogP contribution in [0, 0.1) is 0 Å². The van der Waals surface area contributed by atoms with E-state index in [0.29, 0.717) is 12.1 Å². The number of hydrogen-bond donors (Lipinski definition) is 1. The van der Waals surface area contributed by atoms with Crippen LogP contribution in [0.1, 0.15) is 42.8 Å². The molecular weight excluding hydrogens is 380 g/mol. The minimum atomic E-state index is -0.0213. The van der Waals surface area contributed by atoms with E-state index in [-0.39, 0.29) is 5.91 Å². The first-order valence-electron chi connectivity index (χ1n) is 6.03. The second-order valence-corrected chi connectivity index (χ2v) is 7.93. The zero-order valence-corrected chi connectivity index (χ0v) is 14.4. The Balaban J connectivity index is 2.06. The lowest BCUT2D eigenvalue weighted by Crippen LogP contribution is -2.53. The number of rotatable bonds is 2. The maximum atomic E-state index is 12.2. The van der Waals surface area contributed by atoms with Gasteiger partial charge in [0.15, 0.2) is 0 Å². The van der Waals surface area contributed by atoms with Gasteiger partial charge in [-0.05, 0) is 64.6 Å². The van der Waals surface area contributed by atoms with Crippen LogP contribution in [0.15, 0.2) is 14.3 Å². The summed E-state index contributed by atoms with van der Waals surface area (Å²) < 4.78 is 1.88. The van der Waals surface area contributed by atoms with Crippen molar-refractivity contribution in [3.8, 4) is 0 Å². The van der Waals surface area contributed by atoms with E-state index in [2.05, 4.69) is 56.1 Å². The Morgan fingerprint density at radius 3 is 2.50 bits per heavy atom. The van der Waals surface area contributed by atoms with Gasteiger partial charge in [0.2, 0.25) is 0 Å². The van der Waals surface area contributed by atoms with Crippen LogP contribution in [0.5, 0.6) is 0 Å². The summed E-state index contributed by atoms with van der Waals surface area (Å²) in [7, 11) is 0. The first kappa shape index (κ1) is 14.5. The van der Waals surface area contributed by atoms with E-state index in [9.17, 15) is 4.79 Å². The average Bonchev–Trinajstić information content (AvgIpc) is 2.64. The molecule has 0 bridgehead atoms. The maximum Gasteiger partial charge on any atom is 0.275 e. The third kappa shape index (κ3) is 3.15. The molecule has 18 heavy (non-hydrogen) atoms. The first-order chi connectivity index (χ1) is 8.49. The zero-order chi connectivity index (χ0) is 13.3. The minimum absolute atomic E-state index is 0.0213. The van der Waals surface area contributed by atoms with Crippen molar-refractivity contribution in [2.75, 3.05) is 0 Å². The molecule has 1 fully saturated rings. The van der Waals surface area contributed by atoms with E-state index in [1.54, 1.807) is 0 Å². The van der Waals surface area contributed by atoms with Crippen LogP contribution in [-0.4, -0.2) is 23.0 Å². The Morgan fingerprint density at radius 1 is 1.39 bits per heavy atom. The van der Waals surface area contributed by atoms with Crippen LogP contribution in [0.25, 0.3) is 0 Å². The summed E-state index contributed by atoms with van der Waals surface area (Å²) in [6, 6.07) is 2.66. The molecule has 1 amide bonds. The number of nitrogens with one attached hydrogen (secondary N) is 1. The summed E-state index contributed by atoms with van der Waals surface area (Å²) in [4.78, 5) is 12.9. The quantitative estimate of drug-likeness (QED) is 0.814. The van der Waals surface area contributed by atoms with Crippen molar-refractivity contribution in [1.82, 2.24) is 10.4 Å². The SMILES string of the molecule is CC1CCCC(C)N1NC(=O)c1cc(Br)c(Br)s1. The highest BCUT2D eigenvalue weighted by Gasteiger charge is 2.26. The van der Waals surface area contributed by atoms with Gasteiger partial charge < -0.3 is 0 Å². The van der Waals surface area contributed by atoms with Crippen LogP contribution < -0.4 is 5.43 Å². The van der Waals surface area contributed by atoms with Gasteiger partial charge in [0.25, 0.3) is 5.91 Å². The molecule has 1 aliphatic rings. The van der Waals surface area contributed by atoms with Crippen molar-refractivity contribution in [3.63, 3.8) is 0 Å². The van der Waals surface area contributed by atoms with Gasteiger partial charge in [0.05, 0.1) is 8.66 Å². The van der Waals surface area contributed by atoms with Gasteiger partial charge in [-0.2, -0.15) is 0 Å². The van der Waals surface area contributed by atoms with Gasteiger partial charge >= 0.3 is 0 Å². The number of piperidine rings is 1. The van der Waals surface area contributed by atoms with Gasteiger partial charge in [-0.1, -0.05) is 6.42 Å². The van der Waals surface area contributed by atoms with E-state index >= 15 is 0 Å². The van der Waals surface area contributed by atoms with E-state index in [1.807, 2.05) is 6.07 Å². The second-order valence-electron chi connectivity index (χ2n) is 4.71. The number of nitrogens with zero attached hydrogens (tertiary/aromatic N) is 1. The fourth-order valence-corrected chi connectivity index (χ4v) is 4.20. The van der Waals surface area contributed by atoms with Crippen molar-refractivity contribution in [1.29, 1.82) is 0 Å². The monoisotopic (exact) mass is 394 g/mol. The molecule has 0 radical (unpaired) electrons. The van der Waals surface area contributed by atoms with Crippen LogP contribution in [0.3, 0.4) is 0 Å². The van der Waals surface area contributed by atoms with Crippen molar-refractivity contribution in [2.45, 2.75) is 45.2 Å². The molecule has 1 saturated heterocycles. The minimum Gasteiger partial charge on any atom is -0.284 e. The van der Waals surface area contributed by atoms with E-state index < -0.39 is 0 Å². The lowest BCUT2D eigenvalue weighted by atomic mass is 10.00. The van der Waals surface area contributed by atoms with Crippen molar-refractivity contribution < 1.29 is 4.79 Å². The van der Waals surface area contributed by atoms with Crippen LogP contribution in [0.2, 0.25) is 0 Å². The van der Waals surface area contributed by atoms with E-state index in [1.165, 1.54) is 17.8 Å². The molecule has 2 heterocycles. The average molecular weight is 396 g/mol. The number of halogens is 2. The Labute approximate surface area is 128 Å². The third-order valence-electron chi connectivity index (χ3n) is 3.29. The van der Waals surface area contributed by atoms with Gasteiger partial charge in [-0.3, -0.25) is 10.2 Å². The normalized spacial score (nSPS) is 25.1. The maximum absolute atomic E-state index is 12.2. The van der Waals surface area contributed by atoms with Gasteiger partial charge in [-0.15, -0.1) is 11.3 Å². The molecule has 2 atom stereocenters. The molecule has 3 nitrogen and oxygen atoms in total. The van der Waals surface area contributed by atoms with Crippen LogP contribution >= 0.6 is 43.2 Å². The molecule has 0 aromatic carbocycles. The lowest BCUT2D eigenvalue weighted by Gasteiger charge is -2.38. The summed E-state index contributed by atoms with van der Waals surface area (Å²) in [5.74, 6) is -0.0213. The van der Waals surface area contributed by atoms with Crippen molar-refractivity contribution >= 4 is 49.1 Å². The number of hydrogen-bond acceptors (Lipinski definition) is 3. The van der Waals surface area contributed by atoms with E-state index in [4.69, 9.17) is 0 Å². The first-order valence-corrected chi connectivity index (χ1v) is 8.43. The molecular formula is C12H16Br2N2OS. The standard InChI is InChI=1S/C12H16Br2N2OS/c1-7-4-3-5-8(2)16(7)15-12(17)10-6-9(13)11(14)18-10/h6-8H,3-5H2,1-2H3,(H,15,17). The fraction of sp³-hybridized carbons (Fsp3) is 0.583. The molecule has 1 N–H and O–H groups in total. The van der Waals surface area contributed by atoms with Crippen LogP contribution in [-0.2, 0) is 0 Å². The molecule has 1 aromatic rings. The summed E-state index contributed by atoms with van der Waals surface area (Å²) >= 11 is 8.26. The Morgan fingerprint density at radius 2 is 2.00 bits per heavy atom. The number of hydrazine groups is 1. The topological polar surface area (TPSA) is 32.3 Å². The number of carbonyl (C=O) groups is 1. The van der Waals surface area contributed by atoms with Crippen molar-refractivity contribution in [3.05, 3.63) is 19.2 Å². The molecule has 0 spiro atoms. The third-order valence-corrected chi connectivity index (χ3v) is 6.55. The molecule has 2 unspecified atom stereocenters. The number of thiophene rings is 1. The van der Waals surface area contributed by atoms with Crippen LogP contribution in [0.4, 0.5) is 0 Å². The Bertz CT molecular complexity index is 420. The smallest absolute Gasteiger partial charge is 0.275 e. The summed E-state index contributed by atoms with van der Waals surface area (Å²) in [6.45, 7) is 4.33. The predicted molar refractivity (Wildman–Crippen MR) is 81.8 cm³/mol. The summed E-state index contributed by atoms with van der Waals surface area (Å²) in [6.07, 6.45) is 3.52. The second kappa shape index (κ2) is 6.03. The molecule has 2 rings (SSSR count). The highest BCUT2D eigenvalue weighted by Crippen LogP contribution is 2.32. The molecule has 100 valence electrons. The fourth-order valence-electron chi connectivity index (χ4n) is 2.27. The largest absolute Gasteiger partial charge is 0.284 e. The molecule has 6 heteroatoms. The molecule has 1 aliphatic heterocycles. The Kier molecular flexibility index (Phi) is 4.86. The molecule has 0 saturated carbocycles.